The van der Waals surface area contributed by atoms with Gasteiger partial charge in [-0.05, 0) is 189 Å². The molecule has 1 aliphatic heterocycles. The van der Waals surface area contributed by atoms with Crippen molar-refractivity contribution in [3.05, 3.63) is 202 Å². The molecule has 0 spiro atoms. The van der Waals surface area contributed by atoms with Gasteiger partial charge < -0.3 is 36.4 Å². The first-order valence-electron chi connectivity index (χ1n) is 28.6. The Labute approximate surface area is 476 Å². The molecule has 10 rings (SSSR count). The number of nitrogens with zero attached hydrogens (tertiary/aromatic N) is 5. The summed E-state index contributed by atoms with van der Waals surface area (Å²) >= 11 is 0. The zero-order valence-electron chi connectivity index (χ0n) is 47.6. The number of carbonyl (C=O) groups excluding carboxylic acids is 2. The molecule has 8 aromatic carbocycles. The smallest absolute Gasteiger partial charge is 0.251 e. The molecule has 12 nitrogen and oxygen atoms in total. The van der Waals surface area contributed by atoms with Crippen LogP contribution in [0.15, 0.2) is 163 Å². The van der Waals surface area contributed by atoms with Crippen LogP contribution < -0.4 is 47.0 Å². The summed E-state index contributed by atoms with van der Waals surface area (Å²) in [5.41, 5.74) is 19.9. The second-order valence-electron chi connectivity index (χ2n) is 21.5. The Morgan fingerprint density at radius 3 is 1.56 bits per heavy atom. The van der Waals surface area contributed by atoms with E-state index in [0.29, 0.717) is 24.2 Å². The summed E-state index contributed by atoms with van der Waals surface area (Å²) in [6, 6.07) is 53.2. The fraction of sp³-hybridized carbons (Fsp3) is 0.261. The van der Waals surface area contributed by atoms with Crippen molar-refractivity contribution in [1.29, 1.82) is 0 Å². The summed E-state index contributed by atoms with van der Waals surface area (Å²) in [7, 11) is 4.16. The van der Waals surface area contributed by atoms with Crippen molar-refractivity contribution in [2.24, 2.45) is 4.99 Å². The molecule has 412 valence electrons. The standard InChI is InChI=1S/C69H74N10O2/c1-46-37-59-63(41-54(46)45-78(5)55-21-13-11-14-22-55)76-64-42-57(47(2)38-60(64)74-59)70-33-17-7-9-19-35-72-68(80)52-29-25-50(26-30-52)51-27-31-53(32-28-51)69(81)73-36-20-10-8-18-34-71-58-43-65-61(39-48(58)3)75-62-40-49(4)67(44-66(62)77-65)79(6)56-23-15-12-16-24-56/h11-16,21-32,37-45,70-71,76H,7-10,17-20,33-36H2,1-6H3,(H,72,80)(H,73,81). The first-order chi connectivity index (χ1) is 39.4. The van der Waals surface area contributed by atoms with Crippen molar-refractivity contribution in [3.8, 4) is 11.1 Å². The molecule has 0 saturated carbocycles. The molecule has 0 atom stereocenters. The second-order valence-corrected chi connectivity index (χ2v) is 21.5. The van der Waals surface area contributed by atoms with Gasteiger partial charge in [-0.1, -0.05) is 86.3 Å². The van der Waals surface area contributed by atoms with Crippen molar-refractivity contribution in [1.82, 2.24) is 20.6 Å². The number of benzene rings is 8. The van der Waals surface area contributed by atoms with E-state index < -0.39 is 0 Å². The topological polar surface area (TPSA) is 139 Å². The summed E-state index contributed by atoms with van der Waals surface area (Å²) in [6.07, 6.45) is 10.2. The number of aromatic nitrogens is 2. The summed E-state index contributed by atoms with van der Waals surface area (Å²) in [6.45, 7) is 11.5. The van der Waals surface area contributed by atoms with Crippen LogP contribution in [0.3, 0.4) is 0 Å². The normalized spacial score (nSPS) is 11.8. The van der Waals surface area contributed by atoms with Crippen molar-refractivity contribution in [2.75, 3.05) is 66.0 Å². The highest BCUT2D eigenvalue weighted by Gasteiger charge is 2.16. The van der Waals surface area contributed by atoms with Crippen LogP contribution >= 0.6 is 0 Å². The minimum absolute atomic E-state index is 0.0694. The molecular weight excluding hydrogens is 1000 g/mol. The second kappa shape index (κ2) is 25.8. The number of fused-ring (bicyclic) bond motifs is 4. The fourth-order valence-corrected chi connectivity index (χ4v) is 10.5. The summed E-state index contributed by atoms with van der Waals surface area (Å²) < 4.78 is 0. The van der Waals surface area contributed by atoms with E-state index in [0.717, 1.165) is 165 Å². The van der Waals surface area contributed by atoms with Gasteiger partial charge in [-0.2, -0.15) is 0 Å². The van der Waals surface area contributed by atoms with Crippen molar-refractivity contribution in [2.45, 2.75) is 79.1 Å². The number of aryl methyl sites for hydroxylation is 4. The van der Waals surface area contributed by atoms with Crippen LogP contribution in [0.2, 0.25) is 0 Å². The minimum atomic E-state index is -0.0711. The van der Waals surface area contributed by atoms with E-state index in [1.165, 1.54) is 11.1 Å². The molecule has 0 fully saturated rings. The fourth-order valence-electron chi connectivity index (χ4n) is 10.5. The van der Waals surface area contributed by atoms with Gasteiger partial charge in [0.2, 0.25) is 0 Å². The molecule has 81 heavy (non-hydrogen) atoms. The molecule has 0 aliphatic carbocycles. The molecule has 0 saturated heterocycles. The molecule has 2 amide bonds. The maximum absolute atomic E-state index is 13.0. The van der Waals surface area contributed by atoms with Crippen LogP contribution in [-0.4, -0.2) is 62.1 Å². The summed E-state index contributed by atoms with van der Waals surface area (Å²) in [5.74, 6) is -0.141. The lowest BCUT2D eigenvalue weighted by Crippen LogP contribution is -2.24. The van der Waals surface area contributed by atoms with Gasteiger partial charge in [-0.15, -0.1) is 0 Å². The first kappa shape index (κ1) is 55.3. The number of nitrogens with one attached hydrogen (secondary N) is 5. The third-order valence-corrected chi connectivity index (χ3v) is 15.4. The van der Waals surface area contributed by atoms with Gasteiger partial charge in [0.15, 0.2) is 0 Å². The molecule has 2 heterocycles. The molecule has 9 aromatic rings. The SMILES string of the molecule is Cc1cc2c(cc1NCCCCCCNC(=O)c1ccc(-c3ccc(C(=O)NCCCCCCNc4cc5nc6cc(N(C)c7ccccc7)c(C)cc6nc5cc4C)cc3)cc1)Nc1cc(=CN(C)c3ccccc3)c(C)cc1=N2. The van der Waals surface area contributed by atoms with E-state index in [4.69, 9.17) is 15.0 Å². The zero-order chi connectivity index (χ0) is 56.2. The van der Waals surface area contributed by atoms with Gasteiger partial charge >= 0.3 is 0 Å². The van der Waals surface area contributed by atoms with E-state index in [1.807, 2.05) is 60.7 Å². The highest BCUT2D eigenvalue weighted by atomic mass is 16.2. The molecule has 1 aromatic heterocycles. The van der Waals surface area contributed by atoms with E-state index in [-0.39, 0.29) is 11.8 Å². The number of hydrogen-bond acceptors (Lipinski definition) is 10. The predicted octanol–water partition coefficient (Wildman–Crippen LogP) is 14.1. The largest absolute Gasteiger partial charge is 0.385 e. The number of carbonyl (C=O) groups is 2. The van der Waals surface area contributed by atoms with Gasteiger partial charge in [-0.25, -0.2) is 15.0 Å². The van der Waals surface area contributed by atoms with Crippen LogP contribution in [0.4, 0.5) is 45.5 Å². The number of unbranched alkanes of at least 4 members (excludes halogenated alkanes) is 6. The van der Waals surface area contributed by atoms with Crippen molar-refractivity contribution < 1.29 is 9.59 Å². The van der Waals surface area contributed by atoms with Gasteiger partial charge in [0.25, 0.3) is 11.8 Å². The molecule has 0 radical (unpaired) electrons. The van der Waals surface area contributed by atoms with E-state index in [9.17, 15) is 9.59 Å². The van der Waals surface area contributed by atoms with Gasteiger partial charge in [0.05, 0.1) is 44.5 Å². The summed E-state index contributed by atoms with van der Waals surface area (Å²) in [4.78, 5) is 45.4. The average molecular weight is 1080 g/mol. The van der Waals surface area contributed by atoms with E-state index in [2.05, 4.69) is 181 Å². The van der Waals surface area contributed by atoms with Gasteiger partial charge in [0.1, 0.15) is 0 Å². The monoisotopic (exact) mass is 1070 g/mol. The first-order valence-corrected chi connectivity index (χ1v) is 28.6. The van der Waals surface area contributed by atoms with Crippen molar-refractivity contribution >= 4 is 85.6 Å². The molecule has 5 N–H and O–H groups in total. The number of hydrogen-bond donors (Lipinski definition) is 5. The Balaban J connectivity index is 0.594. The number of anilines is 7. The summed E-state index contributed by atoms with van der Waals surface area (Å²) in [5, 5.41) is 19.2. The number of amides is 2. The lowest BCUT2D eigenvalue weighted by molar-refractivity contribution is 0.0944. The van der Waals surface area contributed by atoms with E-state index >= 15 is 0 Å². The number of para-hydroxylation sites is 2. The molecule has 0 bridgehead atoms. The Hall–Kier alpha value is -9.03. The quantitative estimate of drug-likeness (QED) is 0.0313. The third kappa shape index (κ3) is 13.7. The maximum Gasteiger partial charge on any atom is 0.251 e. The zero-order valence-corrected chi connectivity index (χ0v) is 47.6. The Bertz CT molecular complexity index is 3810. The minimum Gasteiger partial charge on any atom is -0.385 e. The van der Waals surface area contributed by atoms with Crippen LogP contribution in [0, 0.1) is 27.7 Å². The molecule has 0 unspecified atom stereocenters. The molecular formula is C69H74N10O2. The third-order valence-electron chi connectivity index (χ3n) is 15.4. The van der Waals surface area contributed by atoms with Crippen LogP contribution in [-0.2, 0) is 0 Å². The highest BCUT2D eigenvalue weighted by Crippen LogP contribution is 2.36. The van der Waals surface area contributed by atoms with Gasteiger partial charge in [0, 0.05) is 86.0 Å². The van der Waals surface area contributed by atoms with Crippen LogP contribution in [0.5, 0.6) is 0 Å². The molecule has 1 aliphatic rings. The van der Waals surface area contributed by atoms with Gasteiger partial charge in [-0.3, -0.25) is 9.59 Å². The van der Waals surface area contributed by atoms with Crippen LogP contribution in [0.1, 0.15) is 94.3 Å². The van der Waals surface area contributed by atoms with Crippen molar-refractivity contribution in [3.63, 3.8) is 0 Å². The number of rotatable bonds is 23. The highest BCUT2D eigenvalue weighted by molar-refractivity contribution is 5.96. The Morgan fingerprint density at radius 1 is 0.481 bits per heavy atom. The Kier molecular flexibility index (Phi) is 17.6. The molecule has 12 heteroatoms. The Morgan fingerprint density at radius 2 is 0.975 bits per heavy atom. The predicted molar refractivity (Wildman–Crippen MR) is 337 cm³/mol. The van der Waals surface area contributed by atoms with E-state index in [1.54, 1.807) is 0 Å². The maximum atomic E-state index is 13.0. The lowest BCUT2D eigenvalue weighted by atomic mass is 10.0. The van der Waals surface area contributed by atoms with Crippen LogP contribution in [0.25, 0.3) is 39.4 Å². The lowest BCUT2D eigenvalue weighted by Gasteiger charge is -2.22. The average Bonchev–Trinajstić information content (AvgIpc) is 3.50.